The monoisotopic (exact) mass is 287 g/mol. The van der Waals surface area contributed by atoms with Crippen LogP contribution in [-0.4, -0.2) is 29.8 Å². The Labute approximate surface area is 124 Å². The summed E-state index contributed by atoms with van der Waals surface area (Å²) in [7, 11) is 0. The van der Waals surface area contributed by atoms with Crippen LogP contribution in [0.25, 0.3) is 0 Å². The van der Waals surface area contributed by atoms with Gasteiger partial charge >= 0.3 is 0 Å². The molecule has 21 heavy (non-hydrogen) atoms. The Morgan fingerprint density at radius 3 is 2.81 bits per heavy atom. The number of ether oxygens (including phenoxy) is 1. The third-order valence-electron chi connectivity index (χ3n) is 3.96. The number of nitrogens with zero attached hydrogens (tertiary/aromatic N) is 2. The summed E-state index contributed by atoms with van der Waals surface area (Å²) in [6, 6.07) is 10.0. The zero-order chi connectivity index (χ0) is 14.7. The van der Waals surface area contributed by atoms with Gasteiger partial charge in [0, 0.05) is 13.2 Å². The molecule has 112 valence electrons. The first-order valence-electron chi connectivity index (χ1n) is 7.50. The van der Waals surface area contributed by atoms with E-state index in [1.54, 1.807) is 0 Å². The van der Waals surface area contributed by atoms with Gasteiger partial charge in [0.1, 0.15) is 6.10 Å². The average Bonchev–Trinajstić information content (AvgIpc) is 3.14. The third-order valence-corrected chi connectivity index (χ3v) is 3.96. The number of nitrogens with one attached hydrogen (secondary N) is 1. The Morgan fingerprint density at radius 2 is 2.14 bits per heavy atom. The van der Waals surface area contributed by atoms with E-state index in [2.05, 4.69) is 22.4 Å². The first kappa shape index (κ1) is 14.2. The summed E-state index contributed by atoms with van der Waals surface area (Å²) in [5, 5.41) is 7.51. The molecule has 3 atom stereocenters. The van der Waals surface area contributed by atoms with Crippen molar-refractivity contribution in [2.45, 2.75) is 25.9 Å². The molecule has 1 aromatic heterocycles. The van der Waals surface area contributed by atoms with Crippen LogP contribution in [0.1, 0.15) is 43.1 Å². The zero-order valence-corrected chi connectivity index (χ0v) is 12.5. The highest BCUT2D eigenvalue weighted by atomic mass is 16.5. The van der Waals surface area contributed by atoms with Crippen molar-refractivity contribution in [3.8, 4) is 0 Å². The number of hydrogen-bond donors (Lipinski definition) is 1. The quantitative estimate of drug-likeness (QED) is 0.915. The summed E-state index contributed by atoms with van der Waals surface area (Å²) in [5.41, 5.74) is 1.05. The van der Waals surface area contributed by atoms with Gasteiger partial charge in [0.25, 0.3) is 0 Å². The van der Waals surface area contributed by atoms with Crippen LogP contribution in [0, 0.1) is 5.92 Å². The van der Waals surface area contributed by atoms with Gasteiger partial charge in [0.15, 0.2) is 0 Å². The van der Waals surface area contributed by atoms with Gasteiger partial charge in [0.2, 0.25) is 11.7 Å². The van der Waals surface area contributed by atoms with E-state index in [9.17, 15) is 0 Å². The normalized spacial score (nSPS) is 23.3. The van der Waals surface area contributed by atoms with E-state index in [4.69, 9.17) is 9.26 Å². The van der Waals surface area contributed by atoms with Crippen LogP contribution in [0.5, 0.6) is 0 Å². The summed E-state index contributed by atoms with van der Waals surface area (Å²) in [5.74, 6) is 2.13. The lowest BCUT2D eigenvalue weighted by Crippen LogP contribution is -2.10. The molecule has 1 fully saturated rings. The molecule has 1 aliphatic rings. The number of rotatable bonds is 5. The van der Waals surface area contributed by atoms with E-state index in [0.29, 0.717) is 30.2 Å². The molecule has 0 amide bonds. The fraction of sp³-hybridized carbons (Fsp3) is 0.500. The average molecular weight is 287 g/mol. The van der Waals surface area contributed by atoms with E-state index < -0.39 is 0 Å². The predicted molar refractivity (Wildman–Crippen MR) is 79.0 cm³/mol. The predicted octanol–water partition coefficient (Wildman–Crippen LogP) is 2.52. The van der Waals surface area contributed by atoms with Crippen molar-refractivity contribution in [3.05, 3.63) is 47.6 Å². The van der Waals surface area contributed by atoms with Crippen LogP contribution in [-0.2, 0) is 4.74 Å². The van der Waals surface area contributed by atoms with Crippen molar-refractivity contribution in [1.82, 2.24) is 15.5 Å². The van der Waals surface area contributed by atoms with Gasteiger partial charge in [-0.3, -0.25) is 0 Å². The van der Waals surface area contributed by atoms with Gasteiger partial charge in [0.05, 0.1) is 5.92 Å². The lowest BCUT2D eigenvalue weighted by atomic mass is 9.98. The van der Waals surface area contributed by atoms with Crippen LogP contribution < -0.4 is 5.32 Å². The second kappa shape index (κ2) is 6.37. The van der Waals surface area contributed by atoms with Crippen LogP contribution >= 0.6 is 0 Å². The smallest absolute Gasteiger partial charge is 0.231 e. The van der Waals surface area contributed by atoms with Crippen molar-refractivity contribution in [2.75, 3.05) is 19.7 Å². The molecule has 2 aromatic rings. The van der Waals surface area contributed by atoms with Crippen molar-refractivity contribution in [1.29, 1.82) is 0 Å². The highest BCUT2D eigenvalue weighted by Crippen LogP contribution is 2.29. The van der Waals surface area contributed by atoms with Crippen molar-refractivity contribution >= 4 is 0 Å². The second-order valence-corrected chi connectivity index (χ2v) is 5.48. The number of benzene rings is 1. The van der Waals surface area contributed by atoms with Gasteiger partial charge < -0.3 is 14.6 Å². The molecule has 2 heterocycles. The summed E-state index contributed by atoms with van der Waals surface area (Å²) in [6.07, 6.45) is -0.265. The van der Waals surface area contributed by atoms with E-state index >= 15 is 0 Å². The molecule has 1 N–H and O–H groups in total. The van der Waals surface area contributed by atoms with Crippen molar-refractivity contribution < 1.29 is 9.26 Å². The Morgan fingerprint density at radius 1 is 1.33 bits per heavy atom. The molecular weight excluding hydrogens is 266 g/mol. The fourth-order valence-electron chi connectivity index (χ4n) is 2.76. The van der Waals surface area contributed by atoms with Gasteiger partial charge in [-0.15, -0.1) is 0 Å². The topological polar surface area (TPSA) is 60.2 Å². The summed E-state index contributed by atoms with van der Waals surface area (Å²) < 4.78 is 11.3. The van der Waals surface area contributed by atoms with Crippen LogP contribution in [0.3, 0.4) is 0 Å². The first-order valence-corrected chi connectivity index (χ1v) is 7.50. The van der Waals surface area contributed by atoms with E-state index in [1.165, 1.54) is 0 Å². The Bertz CT molecular complexity index is 570. The van der Waals surface area contributed by atoms with Crippen LogP contribution in [0.4, 0.5) is 0 Å². The molecule has 0 bridgehead atoms. The Hall–Kier alpha value is -1.72. The molecule has 0 aliphatic carbocycles. The minimum Gasteiger partial charge on any atom is -0.366 e. The van der Waals surface area contributed by atoms with Crippen molar-refractivity contribution in [2.24, 2.45) is 5.92 Å². The van der Waals surface area contributed by atoms with E-state index in [0.717, 1.165) is 18.7 Å². The summed E-state index contributed by atoms with van der Waals surface area (Å²) >= 11 is 0. The SMILES string of the molecule is CCOC(c1ccccc1)c1noc([C@@H]2CNC[C@H]2C)n1. The van der Waals surface area contributed by atoms with Gasteiger partial charge in [-0.25, -0.2) is 0 Å². The summed E-state index contributed by atoms with van der Waals surface area (Å²) in [4.78, 5) is 4.60. The maximum absolute atomic E-state index is 5.82. The molecule has 1 aromatic carbocycles. The zero-order valence-electron chi connectivity index (χ0n) is 12.5. The molecule has 1 unspecified atom stereocenters. The Balaban J connectivity index is 1.85. The third kappa shape index (κ3) is 2.99. The lowest BCUT2D eigenvalue weighted by Gasteiger charge is -2.13. The molecule has 5 heteroatoms. The number of aromatic nitrogens is 2. The van der Waals surface area contributed by atoms with Crippen LogP contribution in [0.15, 0.2) is 34.9 Å². The lowest BCUT2D eigenvalue weighted by molar-refractivity contribution is 0.0833. The maximum Gasteiger partial charge on any atom is 0.231 e. The standard InChI is InChI=1S/C16H21N3O2/c1-3-20-14(12-7-5-4-6-8-12)15-18-16(21-19-15)13-10-17-9-11(13)2/h4-8,11,13-14,17H,3,9-10H2,1-2H3/t11-,13-,14?/m1/s1. The summed E-state index contributed by atoms with van der Waals surface area (Å²) in [6.45, 7) is 6.67. The maximum atomic E-state index is 5.82. The molecule has 0 radical (unpaired) electrons. The molecule has 5 nitrogen and oxygen atoms in total. The minimum atomic E-state index is -0.265. The Kier molecular flexibility index (Phi) is 4.31. The van der Waals surface area contributed by atoms with Gasteiger partial charge in [-0.05, 0) is 24.9 Å². The molecule has 1 saturated heterocycles. The molecular formula is C16H21N3O2. The second-order valence-electron chi connectivity index (χ2n) is 5.48. The minimum absolute atomic E-state index is 0.265. The molecule has 0 spiro atoms. The van der Waals surface area contributed by atoms with Crippen LogP contribution in [0.2, 0.25) is 0 Å². The van der Waals surface area contributed by atoms with Crippen molar-refractivity contribution in [3.63, 3.8) is 0 Å². The van der Waals surface area contributed by atoms with E-state index in [-0.39, 0.29) is 6.10 Å². The molecule has 0 saturated carbocycles. The largest absolute Gasteiger partial charge is 0.366 e. The number of hydrogen-bond acceptors (Lipinski definition) is 5. The molecule has 3 rings (SSSR count). The molecule has 1 aliphatic heterocycles. The fourth-order valence-corrected chi connectivity index (χ4v) is 2.76. The van der Waals surface area contributed by atoms with Gasteiger partial charge in [-0.2, -0.15) is 4.98 Å². The highest BCUT2D eigenvalue weighted by Gasteiger charge is 2.31. The van der Waals surface area contributed by atoms with Gasteiger partial charge in [-0.1, -0.05) is 42.4 Å². The highest BCUT2D eigenvalue weighted by molar-refractivity contribution is 5.22. The van der Waals surface area contributed by atoms with E-state index in [1.807, 2.05) is 37.3 Å². The first-order chi connectivity index (χ1) is 10.3.